The normalized spacial score (nSPS) is 13.2. The summed E-state index contributed by atoms with van der Waals surface area (Å²) in [4.78, 5) is 0. The Bertz CT molecular complexity index is 324. The maximum Gasteiger partial charge on any atom is 0.556 e. The highest BCUT2D eigenvalue weighted by Gasteiger charge is 2.24. The first-order valence-corrected chi connectivity index (χ1v) is 7.80. The van der Waals surface area contributed by atoms with E-state index in [-0.39, 0.29) is 0 Å². The summed E-state index contributed by atoms with van der Waals surface area (Å²) < 4.78 is 17.3. The number of unbranched alkanes of at least 4 members (excludes halogenated alkanes) is 1. The molecule has 0 heterocycles. The van der Waals surface area contributed by atoms with Crippen molar-refractivity contribution in [3.05, 3.63) is 30.3 Å². The molecular weight excluding hydrogens is 231 g/mol. The lowest BCUT2D eigenvalue weighted by Gasteiger charge is -2.07. The van der Waals surface area contributed by atoms with E-state index >= 15 is 0 Å². The molecule has 2 unspecified atom stereocenters. The van der Waals surface area contributed by atoms with Gasteiger partial charge in [0.2, 0.25) is 0 Å². The second kappa shape index (κ2) is 8.25. The van der Waals surface area contributed by atoms with Crippen LogP contribution in [0.4, 0.5) is 0 Å². The van der Waals surface area contributed by atoms with Crippen molar-refractivity contribution in [3.63, 3.8) is 0 Å². The van der Waals surface area contributed by atoms with Gasteiger partial charge in [0.25, 0.3) is 0 Å². The lowest BCUT2D eigenvalue weighted by atomic mass is 10.0. The third kappa shape index (κ3) is 5.83. The average Bonchev–Trinajstić information content (AvgIpc) is 2.35. The van der Waals surface area contributed by atoms with Crippen molar-refractivity contribution in [2.45, 2.75) is 39.5 Å². The van der Waals surface area contributed by atoms with E-state index in [1.807, 2.05) is 30.3 Å². The van der Waals surface area contributed by atoms with Crippen LogP contribution in [0.5, 0.6) is 5.75 Å². The zero-order chi connectivity index (χ0) is 12.5. The van der Waals surface area contributed by atoms with E-state index < -0.39 is 8.03 Å². The maximum absolute atomic E-state index is 11.9. The van der Waals surface area contributed by atoms with Gasteiger partial charge in [-0.05, 0) is 29.5 Å². The summed E-state index contributed by atoms with van der Waals surface area (Å²) in [7, 11) is -1.57. The molecule has 0 spiro atoms. The highest BCUT2D eigenvalue weighted by atomic mass is 31.1. The molecule has 1 aromatic carbocycles. The largest absolute Gasteiger partial charge is 0.556 e. The van der Waals surface area contributed by atoms with Gasteiger partial charge in [-0.25, -0.2) is 0 Å². The molecule has 0 aromatic heterocycles. The maximum atomic E-state index is 11.9. The number of hydrogen-bond donors (Lipinski definition) is 0. The topological polar surface area (TPSA) is 26.3 Å². The van der Waals surface area contributed by atoms with Crippen molar-refractivity contribution in [1.29, 1.82) is 0 Å². The molecule has 2 nitrogen and oxygen atoms in total. The van der Waals surface area contributed by atoms with Gasteiger partial charge >= 0.3 is 8.03 Å². The summed E-state index contributed by atoms with van der Waals surface area (Å²) >= 11 is 0. The average molecular weight is 253 g/mol. The molecule has 2 atom stereocenters. The lowest BCUT2D eigenvalue weighted by molar-refractivity contribution is 0.457. The molecule has 0 aliphatic carbocycles. The van der Waals surface area contributed by atoms with Crippen LogP contribution in [0, 0.1) is 5.92 Å². The summed E-state index contributed by atoms with van der Waals surface area (Å²) in [5.41, 5.74) is 0. The predicted octanol–water partition coefficient (Wildman–Crippen LogP) is 5.02. The summed E-state index contributed by atoms with van der Waals surface area (Å²) in [6.45, 7) is 4.35. The van der Waals surface area contributed by atoms with Gasteiger partial charge in [0.05, 0.1) is 0 Å². The quantitative estimate of drug-likeness (QED) is 0.608. The van der Waals surface area contributed by atoms with Crippen LogP contribution in [-0.4, -0.2) is 6.16 Å². The minimum atomic E-state index is -1.57. The second-order valence-electron chi connectivity index (χ2n) is 4.34. The van der Waals surface area contributed by atoms with Gasteiger partial charge in [0.1, 0.15) is 0 Å². The molecule has 0 radical (unpaired) electrons. The Morgan fingerprint density at radius 2 is 1.94 bits per heavy atom. The molecule has 0 saturated carbocycles. The Kier molecular flexibility index (Phi) is 6.88. The zero-order valence-corrected chi connectivity index (χ0v) is 11.7. The highest BCUT2D eigenvalue weighted by Crippen LogP contribution is 2.31. The number of hydrogen-bond acceptors (Lipinski definition) is 2. The number of para-hydroxylation sites is 1. The first kappa shape index (κ1) is 14.2. The van der Waals surface area contributed by atoms with Gasteiger partial charge in [-0.1, -0.05) is 44.9 Å². The van der Waals surface area contributed by atoms with Gasteiger partial charge < -0.3 is 0 Å². The molecule has 3 heteroatoms. The first-order valence-electron chi connectivity index (χ1n) is 6.44. The van der Waals surface area contributed by atoms with Crippen LogP contribution in [0.1, 0.15) is 39.5 Å². The molecule has 1 aromatic rings. The van der Waals surface area contributed by atoms with Crippen molar-refractivity contribution in [1.82, 2.24) is 0 Å². The van der Waals surface area contributed by atoms with E-state index in [9.17, 15) is 4.57 Å². The smallest absolute Gasteiger partial charge is 0.254 e. The Balaban J connectivity index is 2.37. The van der Waals surface area contributed by atoms with Crippen LogP contribution in [0.15, 0.2) is 30.3 Å². The molecule has 17 heavy (non-hydrogen) atoms. The van der Waals surface area contributed by atoms with Crippen molar-refractivity contribution in [2.75, 3.05) is 6.16 Å². The molecule has 0 bridgehead atoms. The van der Waals surface area contributed by atoms with Crippen molar-refractivity contribution < 1.29 is 9.09 Å². The Morgan fingerprint density at radius 1 is 1.24 bits per heavy atom. The third-order valence-corrected chi connectivity index (χ3v) is 4.13. The third-order valence-electron chi connectivity index (χ3n) is 2.90. The standard InChI is InChI=1S/C14H22O2P/c1-3-5-9-13(4-2)12-17(15)16-14-10-7-6-8-11-14/h6-8,10-11,13H,3-5,9,12H2,1-2H3/q+1. The van der Waals surface area contributed by atoms with Crippen molar-refractivity contribution in [3.8, 4) is 5.75 Å². The summed E-state index contributed by atoms with van der Waals surface area (Å²) in [5, 5.41) is 0. The minimum absolute atomic E-state index is 0.530. The Labute approximate surface area is 105 Å². The van der Waals surface area contributed by atoms with Crippen LogP contribution in [0.3, 0.4) is 0 Å². The van der Waals surface area contributed by atoms with E-state index in [2.05, 4.69) is 13.8 Å². The van der Waals surface area contributed by atoms with Gasteiger partial charge in [-0.15, -0.1) is 0 Å². The van der Waals surface area contributed by atoms with E-state index in [1.54, 1.807) is 0 Å². The zero-order valence-electron chi connectivity index (χ0n) is 10.8. The second-order valence-corrected chi connectivity index (χ2v) is 5.55. The fourth-order valence-electron chi connectivity index (χ4n) is 1.76. The molecule has 0 fully saturated rings. The van der Waals surface area contributed by atoms with E-state index in [4.69, 9.17) is 4.52 Å². The molecule has 0 saturated heterocycles. The molecule has 0 aliphatic rings. The van der Waals surface area contributed by atoms with E-state index in [0.717, 1.165) is 12.8 Å². The summed E-state index contributed by atoms with van der Waals surface area (Å²) in [6, 6.07) is 9.41. The van der Waals surface area contributed by atoms with Crippen LogP contribution < -0.4 is 4.52 Å². The first-order chi connectivity index (χ1) is 8.26. The molecule has 1 rings (SSSR count). The highest BCUT2D eigenvalue weighted by molar-refractivity contribution is 7.39. The minimum Gasteiger partial charge on any atom is -0.254 e. The van der Waals surface area contributed by atoms with Crippen molar-refractivity contribution >= 4 is 8.03 Å². The van der Waals surface area contributed by atoms with Gasteiger partial charge in [-0.2, -0.15) is 0 Å². The van der Waals surface area contributed by atoms with Crippen LogP contribution in [-0.2, 0) is 4.57 Å². The Hall–Kier alpha value is -0.880. The lowest BCUT2D eigenvalue weighted by Crippen LogP contribution is -2.03. The monoisotopic (exact) mass is 253 g/mol. The van der Waals surface area contributed by atoms with Crippen LogP contribution in [0.25, 0.3) is 0 Å². The number of rotatable bonds is 8. The fraction of sp³-hybridized carbons (Fsp3) is 0.571. The summed E-state index contributed by atoms with van der Waals surface area (Å²) in [5.74, 6) is 1.24. The van der Waals surface area contributed by atoms with Gasteiger partial charge in [-0.3, -0.25) is 4.52 Å². The predicted molar refractivity (Wildman–Crippen MR) is 72.8 cm³/mol. The van der Waals surface area contributed by atoms with Crippen molar-refractivity contribution in [2.24, 2.45) is 5.92 Å². The molecule has 0 N–H and O–H groups in total. The Morgan fingerprint density at radius 3 is 2.53 bits per heavy atom. The van der Waals surface area contributed by atoms with Crippen LogP contribution in [0.2, 0.25) is 0 Å². The molecule has 0 amide bonds. The van der Waals surface area contributed by atoms with Gasteiger partial charge in [0.15, 0.2) is 11.9 Å². The molecular formula is C14H22O2P+. The molecule has 94 valence electrons. The van der Waals surface area contributed by atoms with Gasteiger partial charge in [0, 0.05) is 5.92 Å². The number of benzene rings is 1. The SMILES string of the molecule is CCCCC(CC)C[P+](=O)Oc1ccccc1. The summed E-state index contributed by atoms with van der Waals surface area (Å²) in [6.07, 6.45) is 5.34. The fourth-order valence-corrected chi connectivity index (χ4v) is 3.06. The molecule has 0 aliphatic heterocycles. The van der Waals surface area contributed by atoms with E-state index in [0.29, 0.717) is 17.8 Å². The van der Waals surface area contributed by atoms with Crippen LogP contribution >= 0.6 is 8.03 Å². The van der Waals surface area contributed by atoms with E-state index in [1.165, 1.54) is 12.8 Å².